The number of piperidine rings is 1. The van der Waals surface area contributed by atoms with Crippen molar-refractivity contribution in [1.82, 2.24) is 10.6 Å². The second-order valence-corrected chi connectivity index (χ2v) is 5.19. The summed E-state index contributed by atoms with van der Waals surface area (Å²) in [4.78, 5) is 0. The molecule has 1 heterocycles. The van der Waals surface area contributed by atoms with Gasteiger partial charge in [-0.05, 0) is 50.4 Å². The lowest BCUT2D eigenvalue weighted by Crippen LogP contribution is -2.42. The monoisotopic (exact) mass is 248 g/mol. The van der Waals surface area contributed by atoms with Gasteiger partial charge in [-0.2, -0.15) is 0 Å². The zero-order valence-corrected chi connectivity index (χ0v) is 10.9. The van der Waals surface area contributed by atoms with E-state index in [1.165, 1.54) is 18.4 Å². The van der Waals surface area contributed by atoms with Crippen LogP contribution in [0.3, 0.4) is 0 Å². The highest BCUT2D eigenvalue weighted by atomic mass is 16.3. The van der Waals surface area contributed by atoms with E-state index >= 15 is 0 Å². The zero-order chi connectivity index (χ0) is 12.6. The maximum Gasteiger partial charge on any atom is 0.0587 e. The lowest BCUT2D eigenvalue weighted by molar-refractivity contribution is 0.231. The Labute approximate surface area is 110 Å². The number of aliphatic hydroxyl groups is 1. The third-order valence-electron chi connectivity index (χ3n) is 3.64. The fourth-order valence-corrected chi connectivity index (χ4v) is 2.53. The molecule has 1 aromatic rings. The molecule has 0 bridgehead atoms. The highest BCUT2D eigenvalue weighted by molar-refractivity contribution is 5.15. The minimum Gasteiger partial charge on any atom is -0.395 e. The van der Waals surface area contributed by atoms with Crippen LogP contribution in [0.15, 0.2) is 30.3 Å². The summed E-state index contributed by atoms with van der Waals surface area (Å²) in [5, 5.41) is 16.4. The maximum atomic E-state index is 9.44. The second-order valence-electron chi connectivity index (χ2n) is 5.19. The molecular formula is C15H24N2O. The van der Waals surface area contributed by atoms with Crippen molar-refractivity contribution in [3.63, 3.8) is 0 Å². The van der Waals surface area contributed by atoms with Gasteiger partial charge in [-0.25, -0.2) is 0 Å². The number of hydrogen-bond acceptors (Lipinski definition) is 3. The number of nitrogens with one attached hydrogen (secondary N) is 2. The highest BCUT2D eigenvalue weighted by Crippen LogP contribution is 2.09. The maximum absolute atomic E-state index is 9.44. The van der Waals surface area contributed by atoms with E-state index in [1.54, 1.807) is 0 Å². The first-order valence-corrected chi connectivity index (χ1v) is 6.97. The van der Waals surface area contributed by atoms with Crippen LogP contribution in [-0.4, -0.2) is 37.4 Å². The van der Waals surface area contributed by atoms with Crippen molar-refractivity contribution in [2.75, 3.05) is 26.2 Å². The number of aliphatic hydroxyl groups excluding tert-OH is 1. The van der Waals surface area contributed by atoms with Gasteiger partial charge < -0.3 is 15.7 Å². The van der Waals surface area contributed by atoms with Crippen LogP contribution in [0.2, 0.25) is 0 Å². The Morgan fingerprint density at radius 1 is 1.33 bits per heavy atom. The molecule has 1 aliphatic heterocycles. The van der Waals surface area contributed by atoms with Gasteiger partial charge in [0.05, 0.1) is 6.61 Å². The Hall–Kier alpha value is -0.900. The van der Waals surface area contributed by atoms with Gasteiger partial charge in [0.2, 0.25) is 0 Å². The summed E-state index contributed by atoms with van der Waals surface area (Å²) in [6.07, 6.45) is 3.47. The van der Waals surface area contributed by atoms with E-state index in [4.69, 9.17) is 0 Å². The van der Waals surface area contributed by atoms with E-state index in [-0.39, 0.29) is 12.6 Å². The van der Waals surface area contributed by atoms with Crippen molar-refractivity contribution >= 4 is 0 Å². The standard InChI is InChI=1S/C15H24N2O/c18-12-15(9-13-5-2-1-3-6-13)17-11-14-7-4-8-16-10-14/h1-3,5-6,14-18H,4,7-12H2/t14?,15-/m0/s1. The fourth-order valence-electron chi connectivity index (χ4n) is 2.53. The normalized spacial score (nSPS) is 21.7. The van der Waals surface area contributed by atoms with Crippen molar-refractivity contribution in [3.8, 4) is 0 Å². The van der Waals surface area contributed by atoms with Gasteiger partial charge in [0.25, 0.3) is 0 Å². The molecule has 1 saturated heterocycles. The molecule has 3 N–H and O–H groups in total. The average Bonchev–Trinajstić information content (AvgIpc) is 2.45. The van der Waals surface area contributed by atoms with E-state index in [1.807, 2.05) is 6.07 Å². The van der Waals surface area contributed by atoms with Crippen molar-refractivity contribution in [2.45, 2.75) is 25.3 Å². The highest BCUT2D eigenvalue weighted by Gasteiger charge is 2.15. The van der Waals surface area contributed by atoms with Crippen LogP contribution in [0.1, 0.15) is 18.4 Å². The molecule has 0 aliphatic carbocycles. The molecule has 3 nitrogen and oxygen atoms in total. The first kappa shape index (κ1) is 13.5. The molecular weight excluding hydrogens is 224 g/mol. The summed E-state index contributed by atoms with van der Waals surface area (Å²) in [6.45, 7) is 3.47. The van der Waals surface area contributed by atoms with Gasteiger partial charge in [0, 0.05) is 6.04 Å². The van der Waals surface area contributed by atoms with Crippen LogP contribution >= 0.6 is 0 Å². The summed E-state index contributed by atoms with van der Waals surface area (Å²) in [5.41, 5.74) is 1.28. The van der Waals surface area contributed by atoms with Gasteiger partial charge in [-0.3, -0.25) is 0 Å². The summed E-state index contributed by atoms with van der Waals surface area (Å²) in [7, 11) is 0. The minimum absolute atomic E-state index is 0.175. The quantitative estimate of drug-likeness (QED) is 0.708. The molecule has 1 fully saturated rings. The van der Waals surface area contributed by atoms with Gasteiger partial charge in [-0.15, -0.1) is 0 Å². The first-order valence-electron chi connectivity index (χ1n) is 6.97. The van der Waals surface area contributed by atoms with E-state index in [2.05, 4.69) is 34.9 Å². The first-order chi connectivity index (χ1) is 8.88. The Bertz CT molecular complexity index is 323. The molecule has 1 aliphatic rings. The topological polar surface area (TPSA) is 44.3 Å². The van der Waals surface area contributed by atoms with Crippen LogP contribution in [0.4, 0.5) is 0 Å². The summed E-state index contributed by atoms with van der Waals surface area (Å²) in [5.74, 6) is 0.712. The van der Waals surface area contributed by atoms with Gasteiger partial charge in [-0.1, -0.05) is 30.3 Å². The number of rotatable bonds is 6. The third-order valence-corrected chi connectivity index (χ3v) is 3.64. The molecule has 100 valence electrons. The Balaban J connectivity index is 1.75. The molecule has 0 aromatic heterocycles. The predicted molar refractivity (Wildman–Crippen MR) is 74.6 cm³/mol. The number of hydrogen-bond donors (Lipinski definition) is 3. The van der Waals surface area contributed by atoms with Crippen LogP contribution in [0, 0.1) is 5.92 Å². The van der Waals surface area contributed by atoms with Gasteiger partial charge in [0.1, 0.15) is 0 Å². The molecule has 2 atom stereocenters. The number of benzene rings is 1. The van der Waals surface area contributed by atoms with Gasteiger partial charge in [0.15, 0.2) is 0 Å². The Morgan fingerprint density at radius 2 is 2.17 bits per heavy atom. The largest absolute Gasteiger partial charge is 0.395 e. The van der Waals surface area contributed by atoms with Crippen LogP contribution in [-0.2, 0) is 6.42 Å². The predicted octanol–water partition coefficient (Wildman–Crippen LogP) is 1.18. The third kappa shape index (κ3) is 4.41. The molecule has 0 spiro atoms. The van der Waals surface area contributed by atoms with E-state index < -0.39 is 0 Å². The smallest absolute Gasteiger partial charge is 0.0587 e. The molecule has 0 saturated carbocycles. The second kappa shape index (κ2) is 7.52. The van der Waals surface area contributed by atoms with Crippen LogP contribution < -0.4 is 10.6 Å². The summed E-state index contributed by atoms with van der Waals surface area (Å²) < 4.78 is 0. The summed E-state index contributed by atoms with van der Waals surface area (Å²) in [6, 6.07) is 10.5. The van der Waals surface area contributed by atoms with Crippen molar-refractivity contribution < 1.29 is 5.11 Å². The van der Waals surface area contributed by atoms with E-state index in [9.17, 15) is 5.11 Å². The molecule has 0 amide bonds. The molecule has 18 heavy (non-hydrogen) atoms. The van der Waals surface area contributed by atoms with Gasteiger partial charge >= 0.3 is 0 Å². The van der Waals surface area contributed by atoms with Crippen LogP contribution in [0.25, 0.3) is 0 Å². The molecule has 0 radical (unpaired) electrons. The van der Waals surface area contributed by atoms with Crippen molar-refractivity contribution in [2.24, 2.45) is 5.92 Å². The lowest BCUT2D eigenvalue weighted by Gasteiger charge is -2.25. The Kier molecular flexibility index (Phi) is 5.65. The molecule has 3 heteroatoms. The minimum atomic E-state index is 0.175. The zero-order valence-electron chi connectivity index (χ0n) is 10.9. The van der Waals surface area contributed by atoms with E-state index in [0.717, 1.165) is 26.1 Å². The SMILES string of the molecule is OC[C@H](Cc1ccccc1)NCC1CCCNC1. The molecule has 2 rings (SSSR count). The van der Waals surface area contributed by atoms with Crippen LogP contribution in [0.5, 0.6) is 0 Å². The Morgan fingerprint density at radius 3 is 2.83 bits per heavy atom. The van der Waals surface area contributed by atoms with Crippen molar-refractivity contribution in [3.05, 3.63) is 35.9 Å². The summed E-state index contributed by atoms with van der Waals surface area (Å²) >= 11 is 0. The molecule has 1 unspecified atom stereocenters. The molecule has 1 aromatic carbocycles. The average molecular weight is 248 g/mol. The lowest BCUT2D eigenvalue weighted by atomic mass is 9.98. The fraction of sp³-hybridized carbons (Fsp3) is 0.600. The van der Waals surface area contributed by atoms with Crippen molar-refractivity contribution in [1.29, 1.82) is 0 Å². The van der Waals surface area contributed by atoms with E-state index in [0.29, 0.717) is 5.92 Å².